The molecule has 1 saturated heterocycles. The molecule has 1 rings (SSSR count). The van der Waals surface area contributed by atoms with Crippen LogP contribution < -0.4 is 5.73 Å². The highest BCUT2D eigenvalue weighted by Gasteiger charge is 2.21. The van der Waals surface area contributed by atoms with Gasteiger partial charge in [0.15, 0.2) is 0 Å². The Morgan fingerprint density at radius 1 is 1.47 bits per heavy atom. The first-order chi connectivity index (χ1) is 7.02. The van der Waals surface area contributed by atoms with Gasteiger partial charge in [-0.3, -0.25) is 5.41 Å². The Morgan fingerprint density at radius 2 is 2.13 bits per heavy atom. The van der Waals surface area contributed by atoms with E-state index in [-0.39, 0.29) is 11.3 Å². The number of hydrogen-bond acceptors (Lipinski definition) is 3. The molecule has 4 nitrogen and oxygen atoms in total. The maximum absolute atomic E-state index is 7.41. The maximum Gasteiger partial charge on any atom is 0.104 e. The topological polar surface area (TPSA) is 68.3 Å². The van der Waals surface area contributed by atoms with Crippen LogP contribution >= 0.6 is 0 Å². The van der Waals surface area contributed by atoms with Gasteiger partial charge in [-0.05, 0) is 12.8 Å². The Hall–Kier alpha value is -0.610. The molecule has 0 aromatic rings. The summed E-state index contributed by atoms with van der Waals surface area (Å²) in [7, 11) is 0. The molecule has 0 bridgehead atoms. The van der Waals surface area contributed by atoms with Crippen LogP contribution in [0, 0.1) is 10.8 Å². The van der Waals surface area contributed by atoms with Crippen LogP contribution in [0.3, 0.4) is 0 Å². The molecule has 1 aliphatic rings. The summed E-state index contributed by atoms with van der Waals surface area (Å²) in [6.45, 7) is 6.31. The monoisotopic (exact) mass is 214 g/mol. The van der Waals surface area contributed by atoms with Crippen LogP contribution in [0.15, 0.2) is 0 Å². The molecule has 0 spiro atoms. The molecule has 0 atom stereocenters. The first kappa shape index (κ1) is 12.5. The Bertz CT molecular complexity index is 213. The van der Waals surface area contributed by atoms with E-state index in [1.807, 2.05) is 13.8 Å². The van der Waals surface area contributed by atoms with Gasteiger partial charge in [-0.25, -0.2) is 0 Å². The standard InChI is InChI=1S/C11H22N2O2/c1-11(2,10(12)13)5-3-4-6-15-9-7-14-8-9/h9H,3-8H2,1-2H3,(H3,12,13). The van der Waals surface area contributed by atoms with Crippen molar-refractivity contribution in [3.8, 4) is 0 Å². The van der Waals surface area contributed by atoms with Gasteiger partial charge in [0.25, 0.3) is 0 Å². The molecule has 4 heteroatoms. The Balaban J connectivity index is 1.98. The second kappa shape index (κ2) is 5.47. The highest BCUT2D eigenvalue weighted by Crippen LogP contribution is 2.22. The van der Waals surface area contributed by atoms with Gasteiger partial charge in [-0.15, -0.1) is 0 Å². The van der Waals surface area contributed by atoms with Crippen LogP contribution in [0.2, 0.25) is 0 Å². The van der Waals surface area contributed by atoms with Crippen molar-refractivity contribution < 1.29 is 9.47 Å². The predicted molar refractivity (Wildman–Crippen MR) is 60.1 cm³/mol. The van der Waals surface area contributed by atoms with Crippen LogP contribution in [0.1, 0.15) is 33.1 Å². The van der Waals surface area contributed by atoms with E-state index in [9.17, 15) is 0 Å². The van der Waals surface area contributed by atoms with Crippen molar-refractivity contribution in [1.82, 2.24) is 0 Å². The third-order valence-electron chi connectivity index (χ3n) is 2.89. The van der Waals surface area contributed by atoms with Gasteiger partial charge in [-0.1, -0.05) is 20.3 Å². The summed E-state index contributed by atoms with van der Waals surface area (Å²) in [5.41, 5.74) is 5.33. The predicted octanol–water partition coefficient (Wildman–Crippen LogP) is 1.53. The van der Waals surface area contributed by atoms with E-state index in [0.717, 1.165) is 39.1 Å². The van der Waals surface area contributed by atoms with Gasteiger partial charge in [0.05, 0.1) is 19.0 Å². The summed E-state index contributed by atoms with van der Waals surface area (Å²) in [6, 6.07) is 0. The molecule has 1 aliphatic heterocycles. The van der Waals surface area contributed by atoms with Crippen molar-refractivity contribution in [2.45, 2.75) is 39.2 Å². The summed E-state index contributed by atoms with van der Waals surface area (Å²) in [6.07, 6.45) is 3.37. The number of amidine groups is 1. The molecule has 0 aromatic carbocycles. The number of hydrogen-bond donors (Lipinski definition) is 2. The lowest BCUT2D eigenvalue weighted by molar-refractivity contribution is -0.130. The van der Waals surface area contributed by atoms with E-state index in [0.29, 0.717) is 6.10 Å². The lowest BCUT2D eigenvalue weighted by atomic mass is 9.86. The van der Waals surface area contributed by atoms with Crippen molar-refractivity contribution in [2.24, 2.45) is 11.1 Å². The highest BCUT2D eigenvalue weighted by atomic mass is 16.6. The van der Waals surface area contributed by atoms with E-state index in [1.54, 1.807) is 0 Å². The van der Waals surface area contributed by atoms with Crippen molar-refractivity contribution in [3.63, 3.8) is 0 Å². The lowest BCUT2D eigenvalue weighted by Crippen LogP contribution is -2.36. The molecule has 0 aliphatic carbocycles. The average Bonchev–Trinajstić information content (AvgIpc) is 2.07. The Morgan fingerprint density at radius 3 is 2.60 bits per heavy atom. The molecule has 0 saturated carbocycles. The van der Waals surface area contributed by atoms with Crippen molar-refractivity contribution >= 4 is 5.84 Å². The fourth-order valence-electron chi connectivity index (χ4n) is 1.36. The number of nitrogens with one attached hydrogen (secondary N) is 1. The maximum atomic E-state index is 7.41. The van der Waals surface area contributed by atoms with Gasteiger partial charge in [0.2, 0.25) is 0 Å². The minimum Gasteiger partial charge on any atom is -0.387 e. The zero-order valence-electron chi connectivity index (χ0n) is 9.71. The molecule has 88 valence electrons. The second-order valence-electron chi connectivity index (χ2n) is 4.78. The third kappa shape index (κ3) is 4.18. The van der Waals surface area contributed by atoms with Crippen LogP contribution in [-0.2, 0) is 9.47 Å². The summed E-state index contributed by atoms with van der Waals surface area (Å²) in [5.74, 6) is 0.274. The first-order valence-electron chi connectivity index (χ1n) is 5.56. The van der Waals surface area contributed by atoms with E-state index in [1.165, 1.54) is 0 Å². The summed E-state index contributed by atoms with van der Waals surface area (Å²) in [4.78, 5) is 0. The minimum atomic E-state index is -0.167. The van der Waals surface area contributed by atoms with Crippen molar-refractivity contribution in [1.29, 1.82) is 5.41 Å². The fraction of sp³-hybridized carbons (Fsp3) is 0.909. The molecule has 3 N–H and O–H groups in total. The van der Waals surface area contributed by atoms with Gasteiger partial charge >= 0.3 is 0 Å². The number of unbranched alkanes of at least 4 members (excludes halogenated alkanes) is 1. The zero-order valence-corrected chi connectivity index (χ0v) is 9.71. The van der Waals surface area contributed by atoms with Crippen LogP contribution in [-0.4, -0.2) is 31.8 Å². The largest absolute Gasteiger partial charge is 0.387 e. The van der Waals surface area contributed by atoms with E-state index < -0.39 is 0 Å². The summed E-state index contributed by atoms with van der Waals surface area (Å²) < 4.78 is 10.6. The Kier molecular flexibility index (Phi) is 4.54. The van der Waals surface area contributed by atoms with Crippen LogP contribution in [0.5, 0.6) is 0 Å². The number of nitrogens with two attached hydrogens (primary N) is 1. The second-order valence-corrected chi connectivity index (χ2v) is 4.78. The molecule has 0 radical (unpaired) electrons. The summed E-state index contributed by atoms with van der Waals surface area (Å²) >= 11 is 0. The minimum absolute atomic E-state index is 0.167. The Labute approximate surface area is 91.6 Å². The molecule has 15 heavy (non-hydrogen) atoms. The quantitative estimate of drug-likeness (QED) is 0.383. The van der Waals surface area contributed by atoms with Gasteiger partial charge < -0.3 is 15.2 Å². The van der Waals surface area contributed by atoms with E-state index in [4.69, 9.17) is 20.6 Å². The lowest BCUT2D eigenvalue weighted by Gasteiger charge is -2.26. The molecule has 1 heterocycles. The van der Waals surface area contributed by atoms with Crippen LogP contribution in [0.4, 0.5) is 0 Å². The number of ether oxygens (including phenoxy) is 2. The molecular weight excluding hydrogens is 192 g/mol. The van der Waals surface area contributed by atoms with Gasteiger partial charge in [0.1, 0.15) is 6.10 Å². The molecule has 0 aromatic heterocycles. The molecule has 0 unspecified atom stereocenters. The normalized spacial score (nSPS) is 17.5. The number of rotatable bonds is 7. The molecular formula is C11H22N2O2. The zero-order chi connectivity index (χ0) is 11.3. The SMILES string of the molecule is CC(C)(CCCCOC1COC1)C(=N)N. The average molecular weight is 214 g/mol. The fourth-order valence-corrected chi connectivity index (χ4v) is 1.36. The molecule has 1 fully saturated rings. The van der Waals surface area contributed by atoms with Crippen molar-refractivity contribution in [2.75, 3.05) is 19.8 Å². The highest BCUT2D eigenvalue weighted by molar-refractivity contribution is 5.82. The van der Waals surface area contributed by atoms with Gasteiger partial charge in [-0.2, -0.15) is 0 Å². The molecule has 0 amide bonds. The van der Waals surface area contributed by atoms with E-state index >= 15 is 0 Å². The third-order valence-corrected chi connectivity index (χ3v) is 2.89. The smallest absolute Gasteiger partial charge is 0.104 e. The summed E-state index contributed by atoms with van der Waals surface area (Å²) in [5, 5.41) is 7.41. The van der Waals surface area contributed by atoms with E-state index in [2.05, 4.69) is 0 Å². The first-order valence-corrected chi connectivity index (χ1v) is 5.56. The van der Waals surface area contributed by atoms with Crippen molar-refractivity contribution in [3.05, 3.63) is 0 Å². The van der Waals surface area contributed by atoms with Crippen LogP contribution in [0.25, 0.3) is 0 Å². The van der Waals surface area contributed by atoms with Gasteiger partial charge in [0, 0.05) is 12.0 Å².